The molecule has 0 unspecified atom stereocenters. The largest absolute Gasteiger partial charge is 0 e. The molecule has 3 aromatic heterocycles. The zero-order valence-corrected chi connectivity index (χ0v) is 33.0. The van der Waals surface area contributed by atoms with E-state index in [9.17, 15) is 0 Å². The molecular formula is C42H40GeIrN2S-2. The second kappa shape index (κ2) is 15.7. The van der Waals surface area contributed by atoms with Crippen LogP contribution in [-0.2, 0) is 20.1 Å². The van der Waals surface area contributed by atoms with Crippen molar-refractivity contribution in [1.82, 2.24) is 9.97 Å². The van der Waals surface area contributed by atoms with Crippen LogP contribution in [0.15, 0.2) is 122 Å². The number of nitrogens with zero attached hydrogens (tertiary/aromatic N) is 2. The topological polar surface area (TPSA) is 25.8 Å². The summed E-state index contributed by atoms with van der Waals surface area (Å²) in [6, 6.07) is 44.9. The predicted octanol–water partition coefficient (Wildman–Crippen LogP) is 11.6. The van der Waals surface area contributed by atoms with Crippen LogP contribution in [0.2, 0.25) is 17.3 Å². The molecule has 239 valence electrons. The normalized spacial score (nSPS) is 11.3. The van der Waals surface area contributed by atoms with Crippen molar-refractivity contribution in [3.63, 3.8) is 0 Å². The molecule has 5 heteroatoms. The number of aromatic nitrogens is 2. The van der Waals surface area contributed by atoms with Gasteiger partial charge < -0.3 is 4.98 Å². The Bertz CT molecular complexity index is 2050. The maximum atomic E-state index is 4.74. The SMILES string of the molecule is CCC(CC)c1ccnc(-c2[c-]ccc3c2sc2c(-c4ccccc4)cccc23)c1.[CH3][Ge]([CH3])([CH3])[c]1ccc(-c2[c-]cccc2)nc1.[Ir]. The van der Waals surface area contributed by atoms with Crippen LogP contribution in [0.25, 0.3) is 53.8 Å². The molecule has 47 heavy (non-hydrogen) atoms. The van der Waals surface area contributed by atoms with Gasteiger partial charge in [-0.1, -0.05) is 79.4 Å². The average molecular weight is 870 g/mol. The zero-order chi connectivity index (χ0) is 32.1. The average Bonchev–Trinajstić information content (AvgIpc) is 3.49. The number of benzene rings is 4. The van der Waals surface area contributed by atoms with Gasteiger partial charge in [-0.15, -0.1) is 23.8 Å². The molecule has 0 saturated carbocycles. The maximum Gasteiger partial charge on any atom is 0 e. The van der Waals surface area contributed by atoms with Crippen molar-refractivity contribution in [2.24, 2.45) is 0 Å². The van der Waals surface area contributed by atoms with Crippen molar-refractivity contribution in [1.29, 1.82) is 0 Å². The summed E-state index contributed by atoms with van der Waals surface area (Å²) in [5.41, 5.74) is 8.14. The minimum absolute atomic E-state index is 0. The van der Waals surface area contributed by atoms with Gasteiger partial charge in [0.2, 0.25) is 0 Å². The molecular weight excluding hydrogens is 829 g/mol. The summed E-state index contributed by atoms with van der Waals surface area (Å²) in [4.78, 5) is 9.27. The van der Waals surface area contributed by atoms with Gasteiger partial charge in [0.1, 0.15) is 0 Å². The summed E-state index contributed by atoms with van der Waals surface area (Å²) in [7, 11) is 0. The number of thiophene rings is 1. The Morgan fingerprint density at radius 3 is 2.15 bits per heavy atom. The Labute approximate surface area is 300 Å². The molecule has 0 N–H and O–H groups in total. The van der Waals surface area contributed by atoms with Crippen molar-refractivity contribution in [2.75, 3.05) is 0 Å². The van der Waals surface area contributed by atoms with Gasteiger partial charge >= 0.3 is 99.8 Å². The van der Waals surface area contributed by atoms with Gasteiger partial charge in [0.15, 0.2) is 0 Å². The van der Waals surface area contributed by atoms with E-state index >= 15 is 0 Å². The minimum atomic E-state index is -1.72. The Morgan fingerprint density at radius 2 is 1.47 bits per heavy atom. The van der Waals surface area contributed by atoms with Crippen molar-refractivity contribution in [3.8, 4) is 33.6 Å². The second-order valence-electron chi connectivity index (χ2n) is 12.7. The first kappa shape index (κ1) is 34.9. The van der Waals surface area contributed by atoms with E-state index in [-0.39, 0.29) is 20.1 Å². The molecule has 3 heterocycles. The summed E-state index contributed by atoms with van der Waals surface area (Å²) < 4.78 is 4.04. The van der Waals surface area contributed by atoms with E-state index in [4.69, 9.17) is 4.98 Å². The number of fused-ring (bicyclic) bond motifs is 3. The molecule has 1 radical (unpaired) electrons. The first-order chi connectivity index (χ1) is 22.4. The molecule has 0 saturated heterocycles. The zero-order valence-electron chi connectivity index (χ0n) is 27.7. The van der Waals surface area contributed by atoms with Crippen LogP contribution < -0.4 is 4.40 Å². The van der Waals surface area contributed by atoms with Gasteiger partial charge in [-0.05, 0) is 51.7 Å². The summed E-state index contributed by atoms with van der Waals surface area (Å²) in [5.74, 6) is 7.72. The summed E-state index contributed by atoms with van der Waals surface area (Å²) >= 11 is 0.143. The van der Waals surface area contributed by atoms with Crippen LogP contribution in [0, 0.1) is 12.1 Å². The molecule has 0 bridgehead atoms. The van der Waals surface area contributed by atoms with Gasteiger partial charge in [0.25, 0.3) is 0 Å². The summed E-state index contributed by atoms with van der Waals surface area (Å²) in [5, 5.41) is 2.60. The Kier molecular flexibility index (Phi) is 11.6. The molecule has 0 aliphatic carbocycles. The maximum absolute atomic E-state index is 4.74. The third kappa shape index (κ3) is 7.84. The van der Waals surface area contributed by atoms with E-state index in [2.05, 4.69) is 127 Å². The first-order valence-corrected chi connectivity index (χ1v) is 24.3. The predicted molar refractivity (Wildman–Crippen MR) is 202 cm³/mol. The fourth-order valence-corrected chi connectivity index (χ4v) is 9.46. The van der Waals surface area contributed by atoms with E-state index in [0.29, 0.717) is 5.92 Å². The third-order valence-electron chi connectivity index (χ3n) is 8.66. The van der Waals surface area contributed by atoms with E-state index < -0.39 is 13.3 Å². The number of pyridine rings is 2. The molecule has 0 aliphatic rings. The minimum Gasteiger partial charge on any atom is 0 e. The Morgan fingerprint density at radius 1 is 0.702 bits per heavy atom. The van der Waals surface area contributed by atoms with E-state index in [0.717, 1.165) is 35.4 Å². The van der Waals surface area contributed by atoms with Crippen molar-refractivity contribution in [2.45, 2.75) is 49.9 Å². The van der Waals surface area contributed by atoms with Gasteiger partial charge in [0, 0.05) is 31.0 Å². The molecule has 0 fully saturated rings. The summed E-state index contributed by atoms with van der Waals surface area (Å²) in [6.45, 7) is 4.52. The van der Waals surface area contributed by atoms with E-state index in [1.54, 1.807) is 0 Å². The van der Waals surface area contributed by atoms with E-state index in [1.165, 1.54) is 41.3 Å². The molecule has 2 nitrogen and oxygen atoms in total. The monoisotopic (exact) mass is 871 g/mol. The van der Waals surface area contributed by atoms with Crippen LogP contribution in [0.1, 0.15) is 38.2 Å². The second-order valence-corrected chi connectivity index (χ2v) is 24.4. The third-order valence-corrected chi connectivity index (χ3v) is 14.2. The standard InChI is InChI=1S/C28H24NS.C14H16GeN.Ir/c1-3-19(4-2)21-16-17-29-26(18-21)25-15-9-14-24-23-13-8-12-22(27(23)30-28(24)25)20-10-6-5-7-11-20;1-15(2,3)13-9-10-14(16-11-13)12-7-5-4-6-8-12;/h5-14,16-19H,3-4H2,1-2H3;4-7,9-11H,1-3H3;/q2*-1;. The summed E-state index contributed by atoms with van der Waals surface area (Å²) in [6.07, 6.45) is 6.29. The molecule has 0 aliphatic heterocycles. The van der Waals surface area contributed by atoms with Gasteiger partial charge in [-0.2, -0.15) is 11.3 Å². The van der Waals surface area contributed by atoms with Crippen molar-refractivity contribution in [3.05, 3.63) is 139 Å². The fraction of sp³-hybridized carbons (Fsp3) is 0.190. The van der Waals surface area contributed by atoms with Crippen LogP contribution in [0.3, 0.4) is 0 Å². The quantitative estimate of drug-likeness (QED) is 0.118. The van der Waals surface area contributed by atoms with E-state index in [1.807, 2.05) is 54.1 Å². The first-order valence-electron chi connectivity index (χ1n) is 16.2. The molecule has 0 atom stereocenters. The number of rotatable bonds is 7. The number of hydrogen-bond donors (Lipinski definition) is 0. The van der Waals surface area contributed by atoms with Gasteiger partial charge in [0.05, 0.1) is 0 Å². The van der Waals surface area contributed by atoms with Crippen molar-refractivity contribution >= 4 is 49.2 Å². The fourth-order valence-electron chi connectivity index (χ4n) is 5.95. The van der Waals surface area contributed by atoms with Gasteiger partial charge in [-0.25, -0.2) is 0 Å². The molecule has 0 spiro atoms. The number of hydrogen-bond acceptors (Lipinski definition) is 3. The molecule has 7 rings (SSSR count). The van der Waals surface area contributed by atoms with Crippen LogP contribution in [-0.4, -0.2) is 23.2 Å². The van der Waals surface area contributed by atoms with Crippen LogP contribution in [0.4, 0.5) is 0 Å². The molecule has 7 aromatic rings. The van der Waals surface area contributed by atoms with Gasteiger partial charge in [-0.3, -0.25) is 0 Å². The smallest absolute Gasteiger partial charge is 0 e. The molecule has 4 aromatic carbocycles. The van der Waals surface area contributed by atoms with Crippen LogP contribution in [0.5, 0.6) is 0 Å². The van der Waals surface area contributed by atoms with Crippen LogP contribution >= 0.6 is 11.3 Å². The van der Waals surface area contributed by atoms with Crippen molar-refractivity contribution < 1.29 is 20.1 Å². The Balaban J connectivity index is 0.000000217. The Hall–Kier alpha value is -3.41. The molecule has 0 amide bonds.